The molecule has 1 atom stereocenters. The molecule has 2 aromatic carbocycles. The number of thiazole rings is 1. The van der Waals surface area contributed by atoms with Crippen LogP contribution >= 0.6 is 46.1 Å². The van der Waals surface area contributed by atoms with Gasteiger partial charge in [-0.3, -0.25) is 14.5 Å². The maximum atomic E-state index is 13.8. The highest BCUT2D eigenvalue weighted by atomic mass is 35.5. The van der Waals surface area contributed by atoms with Crippen molar-refractivity contribution in [1.82, 2.24) is 4.98 Å². The van der Waals surface area contributed by atoms with Crippen LogP contribution in [0.3, 0.4) is 0 Å². The van der Waals surface area contributed by atoms with Crippen molar-refractivity contribution in [3.05, 3.63) is 50.2 Å². The van der Waals surface area contributed by atoms with E-state index in [4.69, 9.17) is 44.6 Å². The third kappa shape index (κ3) is 3.73. The summed E-state index contributed by atoms with van der Waals surface area (Å²) in [7, 11) is 0. The summed E-state index contributed by atoms with van der Waals surface area (Å²) in [5.74, 6) is -2.15. The van der Waals surface area contributed by atoms with Crippen LogP contribution in [0, 0.1) is 5.82 Å². The van der Waals surface area contributed by atoms with Crippen LogP contribution in [0.25, 0.3) is 10.2 Å². The van der Waals surface area contributed by atoms with Gasteiger partial charge in [0.05, 0.1) is 43.9 Å². The van der Waals surface area contributed by atoms with E-state index in [1.807, 2.05) is 0 Å². The number of benzene rings is 2. The molecule has 0 bridgehead atoms. The monoisotopic (exact) mass is 474 g/mol. The fraction of sp³-hybridized carbons (Fsp3) is 0.167. The van der Waals surface area contributed by atoms with Gasteiger partial charge >= 0.3 is 5.97 Å². The van der Waals surface area contributed by atoms with E-state index in [1.165, 1.54) is 28.4 Å². The van der Waals surface area contributed by atoms with Crippen molar-refractivity contribution in [2.24, 2.45) is 0 Å². The largest absolute Gasteiger partial charge is 0.481 e. The average Bonchev–Trinajstić information content (AvgIpc) is 3.06. The number of hydrogen-bond donors (Lipinski definition) is 1. The first-order valence-corrected chi connectivity index (χ1v) is 10.1. The highest BCUT2D eigenvalue weighted by Crippen LogP contribution is 2.41. The van der Waals surface area contributed by atoms with Crippen molar-refractivity contribution in [3.63, 3.8) is 0 Å². The summed E-state index contributed by atoms with van der Waals surface area (Å²) in [6.45, 7) is -0.0281. The van der Waals surface area contributed by atoms with Gasteiger partial charge in [-0.25, -0.2) is 9.37 Å². The molecule has 0 aliphatic carbocycles. The van der Waals surface area contributed by atoms with Gasteiger partial charge in [0.1, 0.15) is 16.6 Å². The third-order valence-corrected chi connectivity index (χ3v) is 6.69. The molecule has 6 nitrogen and oxygen atoms in total. The summed E-state index contributed by atoms with van der Waals surface area (Å²) < 4.78 is 19.9. The molecule has 1 aliphatic heterocycles. The SMILES string of the molecule is O=C(O)CC1Oc2ccc(F)cc2N(Cc2nc3cc(Cl)c(Cl)c(Cl)c3s2)C1=O. The lowest BCUT2D eigenvalue weighted by Crippen LogP contribution is -2.46. The Kier molecular flexibility index (Phi) is 5.29. The second kappa shape index (κ2) is 7.60. The Morgan fingerprint density at radius 1 is 1.28 bits per heavy atom. The Morgan fingerprint density at radius 3 is 2.76 bits per heavy atom. The van der Waals surface area contributed by atoms with Crippen molar-refractivity contribution in [2.45, 2.75) is 19.1 Å². The summed E-state index contributed by atoms with van der Waals surface area (Å²) in [6.07, 6.45) is -1.75. The van der Waals surface area contributed by atoms with Gasteiger partial charge in [-0.15, -0.1) is 11.3 Å². The topological polar surface area (TPSA) is 79.7 Å². The molecule has 0 saturated carbocycles. The highest BCUT2D eigenvalue weighted by molar-refractivity contribution is 7.19. The molecule has 4 rings (SSSR count). The molecule has 2 heterocycles. The second-order valence-corrected chi connectivity index (χ2v) is 8.43. The number of amides is 1. The summed E-state index contributed by atoms with van der Waals surface area (Å²) in [6, 6.07) is 5.24. The molecule has 3 aromatic rings. The first-order valence-electron chi connectivity index (χ1n) is 8.17. The lowest BCUT2D eigenvalue weighted by atomic mass is 10.1. The van der Waals surface area contributed by atoms with E-state index in [9.17, 15) is 14.0 Å². The van der Waals surface area contributed by atoms with Crippen LogP contribution in [0.1, 0.15) is 11.4 Å². The number of ether oxygens (including phenoxy) is 1. The number of nitrogens with zero attached hydrogens (tertiary/aromatic N) is 2. The predicted octanol–water partition coefficient (Wildman–Crippen LogP) is 5.16. The van der Waals surface area contributed by atoms with Gasteiger partial charge in [0, 0.05) is 6.07 Å². The normalized spacial score (nSPS) is 16.1. The Hall–Kier alpha value is -2.13. The van der Waals surface area contributed by atoms with E-state index < -0.39 is 30.2 Å². The van der Waals surface area contributed by atoms with Crippen molar-refractivity contribution >= 4 is 73.9 Å². The maximum absolute atomic E-state index is 13.8. The minimum Gasteiger partial charge on any atom is -0.481 e. The third-order valence-electron chi connectivity index (χ3n) is 4.24. The van der Waals surface area contributed by atoms with Crippen LogP contribution in [0.5, 0.6) is 5.75 Å². The van der Waals surface area contributed by atoms with Gasteiger partial charge in [-0.1, -0.05) is 34.8 Å². The second-order valence-electron chi connectivity index (χ2n) is 6.18. The Balaban J connectivity index is 1.75. The Labute approximate surface area is 182 Å². The van der Waals surface area contributed by atoms with E-state index in [-0.39, 0.29) is 33.0 Å². The minimum absolute atomic E-state index is 0.0281. The summed E-state index contributed by atoms with van der Waals surface area (Å²) in [5, 5.41) is 10.3. The molecule has 11 heteroatoms. The molecule has 29 heavy (non-hydrogen) atoms. The zero-order chi connectivity index (χ0) is 20.9. The van der Waals surface area contributed by atoms with Crippen molar-refractivity contribution in [2.75, 3.05) is 4.90 Å². The van der Waals surface area contributed by atoms with Crippen molar-refractivity contribution in [1.29, 1.82) is 0 Å². The van der Waals surface area contributed by atoms with E-state index in [0.29, 0.717) is 15.2 Å². The molecule has 1 unspecified atom stereocenters. The number of carboxylic acid groups (broad SMARTS) is 1. The highest BCUT2D eigenvalue weighted by Gasteiger charge is 2.36. The lowest BCUT2D eigenvalue weighted by molar-refractivity contribution is -0.142. The maximum Gasteiger partial charge on any atom is 0.307 e. The number of anilines is 1. The fourth-order valence-electron chi connectivity index (χ4n) is 2.97. The number of aliphatic carboxylic acids is 1. The number of carboxylic acids is 1. The minimum atomic E-state index is -1.23. The van der Waals surface area contributed by atoms with Crippen molar-refractivity contribution < 1.29 is 23.8 Å². The van der Waals surface area contributed by atoms with Crippen LogP contribution in [0.2, 0.25) is 15.1 Å². The van der Waals surface area contributed by atoms with Crippen LogP contribution in [0.15, 0.2) is 24.3 Å². The zero-order valence-corrected chi connectivity index (χ0v) is 17.4. The van der Waals surface area contributed by atoms with Gasteiger partial charge in [-0.05, 0) is 18.2 Å². The number of hydrogen-bond acceptors (Lipinski definition) is 5. The van der Waals surface area contributed by atoms with E-state index in [2.05, 4.69) is 4.98 Å². The molecular formula is C18H10Cl3FN2O4S. The van der Waals surface area contributed by atoms with Crippen molar-refractivity contribution in [3.8, 4) is 5.75 Å². The van der Waals surface area contributed by atoms with E-state index in [1.54, 1.807) is 6.07 Å². The van der Waals surface area contributed by atoms with Gasteiger partial charge in [-0.2, -0.15) is 0 Å². The van der Waals surface area contributed by atoms with Gasteiger partial charge in [0.15, 0.2) is 6.10 Å². The standard InChI is InChI=1S/C18H10Cl3FN2O4S/c19-8-4-9-17(16(21)15(8)20)29-13(23-9)6-24-10-3-7(22)1-2-11(10)28-12(18(24)27)5-14(25)26/h1-4,12H,5-6H2,(H,25,26). The number of aromatic nitrogens is 1. The quantitative estimate of drug-likeness (QED) is 0.527. The molecule has 1 aromatic heterocycles. The molecule has 1 aliphatic rings. The van der Waals surface area contributed by atoms with Crippen LogP contribution in [-0.2, 0) is 16.1 Å². The average molecular weight is 476 g/mol. The number of rotatable bonds is 4. The summed E-state index contributed by atoms with van der Waals surface area (Å²) in [5.41, 5.74) is 0.699. The summed E-state index contributed by atoms with van der Waals surface area (Å²) >= 11 is 19.6. The van der Waals surface area contributed by atoms with Crippen LogP contribution in [-0.4, -0.2) is 28.1 Å². The Morgan fingerprint density at radius 2 is 2.03 bits per heavy atom. The molecular weight excluding hydrogens is 466 g/mol. The Bertz CT molecular complexity index is 1170. The van der Waals surface area contributed by atoms with Gasteiger partial charge in [0.2, 0.25) is 0 Å². The van der Waals surface area contributed by atoms with Gasteiger partial charge in [0.25, 0.3) is 5.91 Å². The summed E-state index contributed by atoms with van der Waals surface area (Å²) in [4.78, 5) is 29.6. The lowest BCUT2D eigenvalue weighted by Gasteiger charge is -2.33. The first-order chi connectivity index (χ1) is 13.7. The molecule has 150 valence electrons. The molecule has 0 radical (unpaired) electrons. The zero-order valence-electron chi connectivity index (χ0n) is 14.3. The van der Waals surface area contributed by atoms with Gasteiger partial charge < -0.3 is 9.84 Å². The molecule has 1 amide bonds. The predicted molar refractivity (Wildman–Crippen MR) is 109 cm³/mol. The van der Waals surface area contributed by atoms with E-state index in [0.717, 1.165) is 6.07 Å². The molecule has 0 saturated heterocycles. The van der Waals surface area contributed by atoms with Crippen LogP contribution < -0.4 is 9.64 Å². The number of fused-ring (bicyclic) bond motifs is 2. The molecule has 1 N–H and O–H groups in total. The first kappa shape index (κ1) is 20.2. The van der Waals surface area contributed by atoms with E-state index >= 15 is 0 Å². The fourth-order valence-corrected chi connectivity index (χ4v) is 4.71. The molecule has 0 fully saturated rings. The molecule has 0 spiro atoms. The number of carbonyl (C=O) groups excluding carboxylic acids is 1. The number of carbonyl (C=O) groups is 2. The number of halogens is 4. The van der Waals surface area contributed by atoms with Crippen LogP contribution in [0.4, 0.5) is 10.1 Å². The smallest absolute Gasteiger partial charge is 0.307 e.